The molecule has 2 nitrogen and oxygen atoms in total. The fourth-order valence-corrected chi connectivity index (χ4v) is 3.10. The predicted octanol–water partition coefficient (Wildman–Crippen LogP) is 6.94. The second-order valence-electron chi connectivity index (χ2n) is 7.42. The van der Waals surface area contributed by atoms with Crippen molar-refractivity contribution in [1.29, 1.82) is 0 Å². The van der Waals surface area contributed by atoms with Gasteiger partial charge in [-0.25, -0.2) is 0 Å². The summed E-state index contributed by atoms with van der Waals surface area (Å²) in [7, 11) is 2.00. The maximum Gasteiger partial charge on any atom is 0.104 e. The van der Waals surface area contributed by atoms with Gasteiger partial charge in [-0.15, -0.1) is 12.4 Å². The number of nitrogens with zero attached hydrogens (tertiary/aromatic N) is 1. The second kappa shape index (κ2) is 21.3. The van der Waals surface area contributed by atoms with Crippen molar-refractivity contribution in [3.05, 3.63) is 0 Å². The Labute approximate surface area is 159 Å². The van der Waals surface area contributed by atoms with Gasteiger partial charge in [-0.3, -0.25) is 4.90 Å². The topological polar surface area (TPSA) is 23.5 Å². The van der Waals surface area contributed by atoms with Crippen LogP contribution in [0.3, 0.4) is 0 Å². The first-order valence-corrected chi connectivity index (χ1v) is 10.6. The molecule has 0 bridgehead atoms. The minimum Gasteiger partial charge on any atom is -0.379 e. The monoisotopic (exact) mass is 363 g/mol. The van der Waals surface area contributed by atoms with Gasteiger partial charge in [0.15, 0.2) is 0 Å². The second-order valence-corrected chi connectivity index (χ2v) is 7.42. The van der Waals surface area contributed by atoms with Gasteiger partial charge < -0.3 is 5.11 Å². The maximum absolute atomic E-state index is 9.37. The zero-order chi connectivity index (χ0) is 17.2. The quantitative estimate of drug-likeness (QED) is 0.210. The molecule has 0 aromatic heterocycles. The molecule has 0 radical (unpaired) electrons. The third kappa shape index (κ3) is 20.3. The van der Waals surface area contributed by atoms with Crippen LogP contribution in [0.15, 0.2) is 0 Å². The Balaban J connectivity index is 0. The molecule has 0 aliphatic rings. The highest BCUT2D eigenvalue weighted by Crippen LogP contribution is 2.13. The zero-order valence-electron chi connectivity index (χ0n) is 16.9. The van der Waals surface area contributed by atoms with Crippen molar-refractivity contribution >= 4 is 12.4 Å². The fraction of sp³-hybridized carbons (Fsp3) is 1.00. The average molecular weight is 364 g/mol. The lowest BCUT2D eigenvalue weighted by Gasteiger charge is -2.19. The van der Waals surface area contributed by atoms with Crippen molar-refractivity contribution in [3.63, 3.8) is 0 Å². The molecule has 0 spiro atoms. The van der Waals surface area contributed by atoms with Crippen LogP contribution in [0.1, 0.15) is 117 Å². The minimum atomic E-state index is -0.300. The van der Waals surface area contributed by atoms with Crippen LogP contribution >= 0.6 is 12.4 Å². The predicted molar refractivity (Wildman–Crippen MR) is 111 cm³/mol. The summed E-state index contributed by atoms with van der Waals surface area (Å²) in [5.41, 5.74) is 0. The van der Waals surface area contributed by atoms with Crippen LogP contribution in [0.4, 0.5) is 0 Å². The lowest BCUT2D eigenvalue weighted by molar-refractivity contribution is 0.0373. The minimum absolute atomic E-state index is 0. The molecule has 3 heteroatoms. The van der Waals surface area contributed by atoms with E-state index >= 15 is 0 Å². The molecule has 0 aliphatic heterocycles. The third-order valence-corrected chi connectivity index (χ3v) is 5.00. The van der Waals surface area contributed by atoms with Gasteiger partial charge in [-0.2, -0.15) is 0 Å². The summed E-state index contributed by atoms with van der Waals surface area (Å²) in [4.78, 5) is 2.02. The average Bonchev–Trinajstić information content (AvgIpc) is 2.54. The first-order valence-electron chi connectivity index (χ1n) is 10.6. The number of unbranched alkanes of at least 4 members (excludes halogenated alkanes) is 15. The van der Waals surface area contributed by atoms with Crippen molar-refractivity contribution in [2.45, 2.75) is 123 Å². The van der Waals surface area contributed by atoms with Gasteiger partial charge in [0.05, 0.1) is 0 Å². The van der Waals surface area contributed by atoms with Crippen molar-refractivity contribution in [2.75, 3.05) is 13.6 Å². The van der Waals surface area contributed by atoms with E-state index in [0.717, 1.165) is 6.54 Å². The summed E-state index contributed by atoms with van der Waals surface area (Å²) < 4.78 is 0. The molecule has 0 fully saturated rings. The molecule has 0 rings (SSSR count). The summed E-state index contributed by atoms with van der Waals surface area (Å²) in [5.74, 6) is 0. The van der Waals surface area contributed by atoms with E-state index in [2.05, 4.69) is 6.92 Å². The molecule has 1 N–H and O–H groups in total. The summed E-state index contributed by atoms with van der Waals surface area (Å²) in [6.45, 7) is 5.15. The molecule has 0 heterocycles. The highest BCUT2D eigenvalue weighted by Gasteiger charge is 2.02. The van der Waals surface area contributed by atoms with Gasteiger partial charge >= 0.3 is 0 Å². The molecule has 0 aromatic carbocycles. The number of aliphatic hydroxyl groups is 1. The number of rotatable bonds is 18. The molecule has 1 unspecified atom stereocenters. The van der Waals surface area contributed by atoms with E-state index in [1.807, 2.05) is 18.9 Å². The first-order chi connectivity index (χ1) is 11.2. The van der Waals surface area contributed by atoms with Gasteiger partial charge in [0.1, 0.15) is 6.23 Å². The first kappa shape index (κ1) is 26.4. The van der Waals surface area contributed by atoms with E-state index < -0.39 is 0 Å². The van der Waals surface area contributed by atoms with Crippen LogP contribution in [0.5, 0.6) is 0 Å². The largest absolute Gasteiger partial charge is 0.379 e. The van der Waals surface area contributed by atoms with Gasteiger partial charge in [0, 0.05) is 6.54 Å². The lowest BCUT2D eigenvalue weighted by atomic mass is 10.0. The van der Waals surface area contributed by atoms with Crippen LogP contribution in [0.25, 0.3) is 0 Å². The van der Waals surface area contributed by atoms with Gasteiger partial charge in [-0.05, 0) is 20.4 Å². The third-order valence-electron chi connectivity index (χ3n) is 5.00. The van der Waals surface area contributed by atoms with Crippen molar-refractivity contribution in [3.8, 4) is 0 Å². The van der Waals surface area contributed by atoms with E-state index in [1.165, 1.54) is 103 Å². The molecule has 0 amide bonds. The molecule has 24 heavy (non-hydrogen) atoms. The molecule has 1 atom stereocenters. The molecule has 148 valence electrons. The van der Waals surface area contributed by atoms with E-state index in [0.29, 0.717) is 0 Å². The summed E-state index contributed by atoms with van der Waals surface area (Å²) in [6.07, 6.45) is 22.3. The standard InChI is InChI=1S/C21H45NO.ClH/c1-4-5-6-7-8-9-10-11-12-13-14-15-16-17-18-19-20-22(3)21(2)23;/h21,23H,4-20H2,1-3H3;1H. The highest BCUT2D eigenvalue weighted by molar-refractivity contribution is 5.85. The Kier molecular flexibility index (Phi) is 23.4. The van der Waals surface area contributed by atoms with Gasteiger partial charge in [0.25, 0.3) is 0 Å². The Bertz CT molecular complexity index is 224. The SMILES string of the molecule is CCCCCCCCCCCCCCCCCCN(C)C(C)O.Cl. The van der Waals surface area contributed by atoms with Crippen LogP contribution < -0.4 is 0 Å². The smallest absolute Gasteiger partial charge is 0.104 e. The van der Waals surface area contributed by atoms with Gasteiger partial charge in [0.2, 0.25) is 0 Å². The number of hydrogen-bond acceptors (Lipinski definition) is 2. The van der Waals surface area contributed by atoms with E-state index in [4.69, 9.17) is 0 Å². The summed E-state index contributed by atoms with van der Waals surface area (Å²) in [5, 5.41) is 9.37. The number of aliphatic hydroxyl groups excluding tert-OH is 1. The molecular weight excluding hydrogens is 318 g/mol. The highest BCUT2D eigenvalue weighted by atomic mass is 35.5. The normalized spacial score (nSPS) is 12.4. The Morgan fingerprint density at radius 3 is 1.21 bits per heavy atom. The summed E-state index contributed by atoms with van der Waals surface area (Å²) >= 11 is 0. The molecule has 0 aromatic rings. The molecular formula is C21H46ClNO. The zero-order valence-corrected chi connectivity index (χ0v) is 17.7. The fourth-order valence-electron chi connectivity index (χ4n) is 3.10. The van der Waals surface area contributed by atoms with Crippen LogP contribution in [-0.4, -0.2) is 29.8 Å². The van der Waals surface area contributed by atoms with E-state index in [-0.39, 0.29) is 18.6 Å². The Hall–Kier alpha value is 0.210. The molecule has 0 aliphatic carbocycles. The molecule has 0 saturated carbocycles. The van der Waals surface area contributed by atoms with Crippen LogP contribution in [-0.2, 0) is 0 Å². The number of hydrogen-bond donors (Lipinski definition) is 1. The maximum atomic E-state index is 9.37. The Morgan fingerprint density at radius 1 is 0.625 bits per heavy atom. The summed E-state index contributed by atoms with van der Waals surface area (Å²) in [6, 6.07) is 0. The van der Waals surface area contributed by atoms with Crippen molar-refractivity contribution in [2.24, 2.45) is 0 Å². The van der Waals surface area contributed by atoms with Crippen molar-refractivity contribution < 1.29 is 5.11 Å². The lowest BCUT2D eigenvalue weighted by Crippen LogP contribution is -2.29. The van der Waals surface area contributed by atoms with E-state index in [9.17, 15) is 5.11 Å². The van der Waals surface area contributed by atoms with Crippen molar-refractivity contribution in [1.82, 2.24) is 4.90 Å². The molecule has 0 saturated heterocycles. The van der Waals surface area contributed by atoms with Crippen LogP contribution in [0.2, 0.25) is 0 Å². The van der Waals surface area contributed by atoms with Crippen LogP contribution in [0, 0.1) is 0 Å². The Morgan fingerprint density at radius 2 is 0.917 bits per heavy atom. The van der Waals surface area contributed by atoms with Gasteiger partial charge in [-0.1, -0.05) is 103 Å². The number of halogens is 1. The van der Waals surface area contributed by atoms with E-state index in [1.54, 1.807) is 0 Å².